The number of guanidine groups is 1. The number of ether oxygens (including phenoxy) is 1. The van der Waals surface area contributed by atoms with E-state index in [1.54, 1.807) is 7.11 Å². The van der Waals surface area contributed by atoms with Crippen LogP contribution >= 0.6 is 0 Å². The average Bonchev–Trinajstić information content (AvgIpc) is 3.37. The molecule has 1 atom stereocenters. The van der Waals surface area contributed by atoms with Gasteiger partial charge in [0, 0.05) is 32.7 Å². The molecule has 2 aliphatic rings. The van der Waals surface area contributed by atoms with Gasteiger partial charge in [0.15, 0.2) is 5.96 Å². The van der Waals surface area contributed by atoms with Crippen molar-refractivity contribution in [1.82, 2.24) is 15.5 Å². The summed E-state index contributed by atoms with van der Waals surface area (Å²) in [7, 11) is 3.56. The van der Waals surface area contributed by atoms with Crippen LogP contribution in [0.5, 0.6) is 5.75 Å². The van der Waals surface area contributed by atoms with Crippen LogP contribution in [0.2, 0.25) is 0 Å². The van der Waals surface area contributed by atoms with Crippen LogP contribution < -0.4 is 15.4 Å². The molecular formula is C19H30N4O. The van der Waals surface area contributed by atoms with E-state index < -0.39 is 0 Å². The molecule has 1 aliphatic heterocycles. The molecule has 24 heavy (non-hydrogen) atoms. The zero-order valence-corrected chi connectivity index (χ0v) is 14.9. The molecule has 0 aromatic heterocycles. The Morgan fingerprint density at radius 3 is 2.83 bits per heavy atom. The molecule has 1 aliphatic carbocycles. The summed E-state index contributed by atoms with van der Waals surface area (Å²) in [5.74, 6) is 2.60. The van der Waals surface area contributed by atoms with Crippen LogP contribution in [0.25, 0.3) is 0 Å². The van der Waals surface area contributed by atoms with Crippen LogP contribution in [0.4, 0.5) is 0 Å². The highest BCUT2D eigenvalue weighted by Crippen LogP contribution is 2.31. The zero-order chi connectivity index (χ0) is 16.8. The van der Waals surface area contributed by atoms with Crippen LogP contribution in [-0.4, -0.2) is 57.2 Å². The fourth-order valence-electron chi connectivity index (χ4n) is 3.49. The van der Waals surface area contributed by atoms with Gasteiger partial charge in [-0.25, -0.2) is 0 Å². The third-order valence-electron chi connectivity index (χ3n) is 5.04. The summed E-state index contributed by atoms with van der Waals surface area (Å²) >= 11 is 0. The van der Waals surface area contributed by atoms with Crippen molar-refractivity contribution >= 4 is 5.96 Å². The monoisotopic (exact) mass is 330 g/mol. The van der Waals surface area contributed by atoms with Crippen LogP contribution in [0.3, 0.4) is 0 Å². The maximum absolute atomic E-state index is 5.40. The molecule has 1 unspecified atom stereocenters. The fourth-order valence-corrected chi connectivity index (χ4v) is 3.49. The van der Waals surface area contributed by atoms with Gasteiger partial charge in [-0.3, -0.25) is 4.99 Å². The second kappa shape index (κ2) is 8.38. The second-order valence-corrected chi connectivity index (χ2v) is 6.82. The van der Waals surface area contributed by atoms with Crippen molar-refractivity contribution in [2.75, 3.05) is 40.3 Å². The van der Waals surface area contributed by atoms with Crippen molar-refractivity contribution in [1.29, 1.82) is 0 Å². The maximum Gasteiger partial charge on any atom is 0.190 e. The summed E-state index contributed by atoms with van der Waals surface area (Å²) in [6, 6.07) is 9.07. The Labute approximate surface area is 145 Å². The molecule has 1 aromatic rings. The molecule has 0 spiro atoms. The molecule has 5 nitrogen and oxygen atoms in total. The quantitative estimate of drug-likeness (QED) is 0.592. The number of benzene rings is 1. The highest BCUT2D eigenvalue weighted by Gasteiger charge is 2.34. The number of hydrogen-bond acceptors (Lipinski definition) is 3. The minimum Gasteiger partial charge on any atom is -0.496 e. The second-order valence-electron chi connectivity index (χ2n) is 6.82. The smallest absolute Gasteiger partial charge is 0.190 e. The maximum atomic E-state index is 5.40. The largest absolute Gasteiger partial charge is 0.496 e. The Hall–Kier alpha value is -1.75. The molecule has 5 heteroatoms. The van der Waals surface area contributed by atoms with E-state index in [-0.39, 0.29) is 0 Å². The van der Waals surface area contributed by atoms with E-state index in [0.29, 0.717) is 0 Å². The summed E-state index contributed by atoms with van der Waals surface area (Å²) in [6.45, 7) is 4.38. The molecule has 1 heterocycles. The van der Waals surface area contributed by atoms with E-state index >= 15 is 0 Å². The van der Waals surface area contributed by atoms with Crippen LogP contribution in [-0.2, 0) is 6.42 Å². The van der Waals surface area contributed by atoms with Crippen molar-refractivity contribution in [2.24, 2.45) is 10.9 Å². The van der Waals surface area contributed by atoms with Crippen molar-refractivity contribution in [3.8, 4) is 5.75 Å². The third-order valence-corrected chi connectivity index (χ3v) is 5.04. The highest BCUT2D eigenvalue weighted by atomic mass is 16.5. The zero-order valence-electron chi connectivity index (χ0n) is 14.9. The Bertz CT molecular complexity index is 556. The molecule has 0 bridgehead atoms. The van der Waals surface area contributed by atoms with Gasteiger partial charge in [0.25, 0.3) is 0 Å². The Morgan fingerprint density at radius 1 is 1.25 bits per heavy atom. The molecule has 132 valence electrons. The third kappa shape index (κ3) is 4.63. The molecule has 0 radical (unpaired) electrons. The van der Waals surface area contributed by atoms with E-state index in [2.05, 4.69) is 32.7 Å². The van der Waals surface area contributed by atoms with Crippen molar-refractivity contribution in [2.45, 2.75) is 31.7 Å². The summed E-state index contributed by atoms with van der Waals surface area (Å²) in [5, 5.41) is 6.90. The van der Waals surface area contributed by atoms with E-state index in [1.807, 2.05) is 19.2 Å². The van der Waals surface area contributed by atoms with Gasteiger partial charge in [-0.05, 0) is 49.8 Å². The number of nitrogens with zero attached hydrogens (tertiary/aromatic N) is 2. The van der Waals surface area contributed by atoms with E-state index in [1.165, 1.54) is 37.9 Å². The van der Waals surface area contributed by atoms with Gasteiger partial charge < -0.3 is 20.3 Å². The number of para-hydroxylation sites is 1. The fraction of sp³-hybridized carbons (Fsp3) is 0.632. The van der Waals surface area contributed by atoms with Crippen LogP contribution in [0, 0.1) is 5.92 Å². The lowest BCUT2D eigenvalue weighted by atomic mass is 10.1. The minimum atomic E-state index is 0.748. The van der Waals surface area contributed by atoms with E-state index in [4.69, 9.17) is 4.74 Å². The first-order valence-electron chi connectivity index (χ1n) is 9.10. The number of nitrogens with one attached hydrogen (secondary N) is 2. The first-order valence-corrected chi connectivity index (χ1v) is 9.10. The average molecular weight is 330 g/mol. The van der Waals surface area contributed by atoms with Gasteiger partial charge in [-0.1, -0.05) is 18.2 Å². The number of aliphatic imine (C=N–C) groups is 1. The summed E-state index contributed by atoms with van der Waals surface area (Å²) < 4.78 is 5.40. The van der Waals surface area contributed by atoms with E-state index in [0.717, 1.165) is 43.2 Å². The lowest BCUT2D eigenvalue weighted by molar-refractivity contribution is 0.314. The van der Waals surface area contributed by atoms with Crippen LogP contribution in [0.15, 0.2) is 29.3 Å². The summed E-state index contributed by atoms with van der Waals surface area (Å²) in [4.78, 5) is 7.00. The van der Waals surface area contributed by atoms with Gasteiger partial charge in [0.2, 0.25) is 0 Å². The Morgan fingerprint density at radius 2 is 2.08 bits per heavy atom. The van der Waals surface area contributed by atoms with Gasteiger partial charge >= 0.3 is 0 Å². The molecule has 0 amide bonds. The number of likely N-dealkylation sites (tertiary alicyclic amines) is 1. The van der Waals surface area contributed by atoms with E-state index in [9.17, 15) is 0 Å². The first-order chi connectivity index (χ1) is 11.8. The van der Waals surface area contributed by atoms with Crippen LogP contribution in [0.1, 0.15) is 24.8 Å². The predicted octanol–water partition coefficient (Wildman–Crippen LogP) is 1.89. The highest BCUT2D eigenvalue weighted by molar-refractivity contribution is 5.79. The number of methoxy groups -OCH3 is 1. The topological polar surface area (TPSA) is 48.9 Å². The molecule has 3 rings (SSSR count). The minimum absolute atomic E-state index is 0.748. The lowest BCUT2D eigenvalue weighted by Crippen LogP contribution is -2.41. The Kier molecular flexibility index (Phi) is 5.96. The summed E-state index contributed by atoms with van der Waals surface area (Å²) in [5.41, 5.74) is 1.22. The SMILES string of the molecule is CN=C(NCCc1ccccc1OC)NCC1CCN(C2CC2)C1. The standard InChI is InChI=1S/C19H30N4O/c1-20-19(21-11-9-16-5-3-4-6-18(16)24-2)22-13-15-10-12-23(14-15)17-7-8-17/h3-6,15,17H,7-14H2,1-2H3,(H2,20,21,22). The van der Waals surface area contributed by atoms with Gasteiger partial charge in [-0.2, -0.15) is 0 Å². The first kappa shape index (κ1) is 17.1. The Balaban J connectivity index is 1.37. The molecule has 1 aromatic carbocycles. The number of rotatable bonds is 7. The van der Waals surface area contributed by atoms with Gasteiger partial charge in [-0.15, -0.1) is 0 Å². The molecule has 2 fully saturated rings. The number of hydrogen-bond donors (Lipinski definition) is 2. The normalized spacial score (nSPS) is 21.8. The van der Waals surface area contributed by atoms with Gasteiger partial charge in [0.05, 0.1) is 7.11 Å². The lowest BCUT2D eigenvalue weighted by Gasteiger charge is -2.17. The van der Waals surface area contributed by atoms with Crippen molar-refractivity contribution in [3.05, 3.63) is 29.8 Å². The van der Waals surface area contributed by atoms with Gasteiger partial charge in [0.1, 0.15) is 5.75 Å². The molecule has 1 saturated heterocycles. The molecule has 2 N–H and O–H groups in total. The predicted molar refractivity (Wildman–Crippen MR) is 98.8 cm³/mol. The van der Waals surface area contributed by atoms with Crippen molar-refractivity contribution < 1.29 is 4.74 Å². The summed E-state index contributed by atoms with van der Waals surface area (Å²) in [6.07, 6.45) is 5.05. The molecular weight excluding hydrogens is 300 g/mol. The molecule has 1 saturated carbocycles. The van der Waals surface area contributed by atoms with Crippen molar-refractivity contribution in [3.63, 3.8) is 0 Å².